The van der Waals surface area contributed by atoms with Gasteiger partial charge in [-0.1, -0.05) is 0 Å². The third-order valence-corrected chi connectivity index (χ3v) is 2.76. The first-order valence-corrected chi connectivity index (χ1v) is 6.04. The van der Waals surface area contributed by atoms with Crippen LogP contribution in [-0.4, -0.2) is 46.6 Å². The van der Waals surface area contributed by atoms with Crippen molar-refractivity contribution in [1.82, 2.24) is 4.90 Å². The van der Waals surface area contributed by atoms with Crippen LogP contribution in [0.5, 0.6) is 0 Å². The molecular weight excluding hydrogens is 225 g/mol. The molecule has 1 N–H and O–H groups in total. The highest BCUT2D eigenvalue weighted by molar-refractivity contribution is 5.69. The van der Waals surface area contributed by atoms with Gasteiger partial charge in [0.15, 0.2) is 0 Å². The molecule has 0 aromatic carbocycles. The monoisotopic (exact) mass is 247 g/mol. The molecule has 0 aromatic rings. The maximum atomic E-state index is 13.8. The van der Waals surface area contributed by atoms with Crippen molar-refractivity contribution in [3.8, 4) is 0 Å². The number of hydrogen-bond donors (Lipinski definition) is 1. The number of hydrogen-bond acceptors (Lipinski definition) is 3. The van der Waals surface area contributed by atoms with Crippen LogP contribution >= 0.6 is 0 Å². The first kappa shape index (κ1) is 14.2. The molecule has 0 spiro atoms. The maximum Gasteiger partial charge on any atom is 0.410 e. The summed E-state index contributed by atoms with van der Waals surface area (Å²) < 4.78 is 19.0. The SMILES string of the molecule is CC(O)C(F)C1CCCN1C(=O)OC(C)(C)C. The first-order chi connectivity index (χ1) is 7.72. The fraction of sp³-hybridized carbons (Fsp3) is 0.917. The van der Waals surface area contributed by atoms with Crippen LogP contribution in [0.3, 0.4) is 0 Å². The lowest BCUT2D eigenvalue weighted by Crippen LogP contribution is -2.46. The molecule has 1 heterocycles. The molecule has 100 valence electrons. The molecule has 0 aromatic heterocycles. The van der Waals surface area contributed by atoms with Gasteiger partial charge in [0.1, 0.15) is 11.8 Å². The molecule has 1 fully saturated rings. The summed E-state index contributed by atoms with van der Waals surface area (Å²) in [6.45, 7) is 7.22. The van der Waals surface area contributed by atoms with Gasteiger partial charge in [0.05, 0.1) is 12.1 Å². The third kappa shape index (κ3) is 3.84. The van der Waals surface area contributed by atoms with Crippen LogP contribution < -0.4 is 0 Å². The highest BCUT2D eigenvalue weighted by Crippen LogP contribution is 2.25. The quantitative estimate of drug-likeness (QED) is 0.813. The molecule has 1 aliphatic rings. The molecule has 0 saturated carbocycles. The number of alkyl halides is 1. The van der Waals surface area contributed by atoms with Crippen LogP contribution in [0.4, 0.5) is 9.18 Å². The van der Waals surface area contributed by atoms with Crippen LogP contribution in [0.25, 0.3) is 0 Å². The summed E-state index contributed by atoms with van der Waals surface area (Å²) in [5, 5.41) is 9.26. The molecular formula is C12H22FNO3. The van der Waals surface area contributed by atoms with Crippen LogP contribution in [0.2, 0.25) is 0 Å². The van der Waals surface area contributed by atoms with E-state index in [1.807, 2.05) is 0 Å². The van der Waals surface area contributed by atoms with E-state index in [-0.39, 0.29) is 0 Å². The number of carbonyl (C=O) groups excluding carboxylic acids is 1. The van der Waals surface area contributed by atoms with Crippen molar-refractivity contribution in [2.45, 2.75) is 64.5 Å². The molecule has 1 saturated heterocycles. The standard InChI is InChI=1S/C12H22FNO3/c1-8(15)10(13)9-6-5-7-14(9)11(16)17-12(2,3)4/h8-10,15H,5-7H2,1-4H3. The lowest BCUT2D eigenvalue weighted by Gasteiger charge is -2.30. The second kappa shape index (κ2) is 5.21. The van der Waals surface area contributed by atoms with E-state index in [0.717, 1.165) is 6.42 Å². The van der Waals surface area contributed by atoms with Crippen LogP contribution in [0, 0.1) is 0 Å². The normalized spacial score (nSPS) is 24.6. The van der Waals surface area contributed by atoms with Crippen molar-refractivity contribution >= 4 is 6.09 Å². The van der Waals surface area contributed by atoms with E-state index >= 15 is 0 Å². The minimum atomic E-state index is -1.41. The molecule has 1 rings (SSSR count). The zero-order valence-corrected chi connectivity index (χ0v) is 10.9. The van der Waals surface area contributed by atoms with E-state index in [1.165, 1.54) is 11.8 Å². The average molecular weight is 247 g/mol. The van der Waals surface area contributed by atoms with E-state index in [1.54, 1.807) is 20.8 Å². The van der Waals surface area contributed by atoms with E-state index in [0.29, 0.717) is 13.0 Å². The number of carbonyl (C=O) groups is 1. The average Bonchev–Trinajstić information content (AvgIpc) is 2.61. The predicted octanol–water partition coefficient (Wildman–Crippen LogP) is 2.10. The fourth-order valence-corrected chi connectivity index (χ4v) is 1.99. The van der Waals surface area contributed by atoms with Gasteiger partial charge in [-0.15, -0.1) is 0 Å². The summed E-state index contributed by atoms with van der Waals surface area (Å²) in [7, 11) is 0. The Morgan fingerprint density at radius 1 is 1.53 bits per heavy atom. The van der Waals surface area contributed by atoms with Gasteiger partial charge in [-0.25, -0.2) is 9.18 Å². The molecule has 0 aliphatic carbocycles. The molecule has 1 amide bonds. The Morgan fingerprint density at radius 3 is 2.59 bits per heavy atom. The third-order valence-electron chi connectivity index (χ3n) is 2.76. The molecule has 3 unspecified atom stereocenters. The van der Waals surface area contributed by atoms with Crippen molar-refractivity contribution in [3.63, 3.8) is 0 Å². The Morgan fingerprint density at radius 2 is 2.12 bits per heavy atom. The number of likely N-dealkylation sites (tertiary alicyclic amines) is 1. The number of aliphatic hydroxyl groups excluding tert-OH is 1. The molecule has 1 aliphatic heterocycles. The second-order valence-corrected chi connectivity index (χ2v) is 5.57. The fourth-order valence-electron chi connectivity index (χ4n) is 1.99. The van der Waals surface area contributed by atoms with Crippen LogP contribution in [0.1, 0.15) is 40.5 Å². The van der Waals surface area contributed by atoms with Gasteiger partial charge in [-0.05, 0) is 40.5 Å². The molecule has 5 heteroatoms. The Bertz CT molecular complexity index is 275. The largest absolute Gasteiger partial charge is 0.444 e. The molecule has 17 heavy (non-hydrogen) atoms. The minimum absolute atomic E-state index is 0.493. The summed E-state index contributed by atoms with van der Waals surface area (Å²) >= 11 is 0. The number of aliphatic hydroxyl groups is 1. The lowest BCUT2D eigenvalue weighted by atomic mass is 10.1. The van der Waals surface area contributed by atoms with Gasteiger partial charge in [-0.3, -0.25) is 0 Å². The summed E-state index contributed by atoms with van der Waals surface area (Å²) in [5.41, 5.74) is -0.582. The Hall–Kier alpha value is -0.840. The number of amides is 1. The van der Waals surface area contributed by atoms with Gasteiger partial charge >= 0.3 is 6.09 Å². The minimum Gasteiger partial charge on any atom is -0.444 e. The van der Waals surface area contributed by atoms with Gasteiger partial charge < -0.3 is 14.7 Å². The van der Waals surface area contributed by atoms with Gasteiger partial charge in [0, 0.05) is 6.54 Å². The van der Waals surface area contributed by atoms with E-state index in [9.17, 15) is 14.3 Å². The first-order valence-electron chi connectivity index (χ1n) is 6.04. The smallest absolute Gasteiger partial charge is 0.410 e. The van der Waals surface area contributed by atoms with Crippen molar-refractivity contribution in [1.29, 1.82) is 0 Å². The highest BCUT2D eigenvalue weighted by atomic mass is 19.1. The summed E-state index contributed by atoms with van der Waals surface area (Å²) in [6.07, 6.45) is -1.65. The molecule has 0 bridgehead atoms. The summed E-state index contributed by atoms with van der Waals surface area (Å²) in [6, 6.07) is -0.565. The van der Waals surface area contributed by atoms with Gasteiger partial charge in [0.2, 0.25) is 0 Å². The number of nitrogens with zero attached hydrogens (tertiary/aromatic N) is 1. The van der Waals surface area contributed by atoms with Gasteiger partial charge in [0.25, 0.3) is 0 Å². The topological polar surface area (TPSA) is 49.8 Å². The van der Waals surface area contributed by atoms with Crippen LogP contribution in [0.15, 0.2) is 0 Å². The molecule has 4 nitrogen and oxygen atoms in total. The highest BCUT2D eigenvalue weighted by Gasteiger charge is 2.38. The van der Waals surface area contributed by atoms with Crippen molar-refractivity contribution in [2.75, 3.05) is 6.54 Å². The van der Waals surface area contributed by atoms with E-state index < -0.39 is 30.0 Å². The molecule has 0 radical (unpaired) electrons. The van der Waals surface area contributed by atoms with Crippen molar-refractivity contribution in [2.24, 2.45) is 0 Å². The zero-order valence-electron chi connectivity index (χ0n) is 10.9. The second-order valence-electron chi connectivity index (χ2n) is 5.57. The van der Waals surface area contributed by atoms with Crippen molar-refractivity contribution in [3.05, 3.63) is 0 Å². The van der Waals surface area contributed by atoms with Crippen molar-refractivity contribution < 1.29 is 19.0 Å². The van der Waals surface area contributed by atoms with E-state index in [4.69, 9.17) is 4.74 Å². The number of rotatable bonds is 2. The Kier molecular flexibility index (Phi) is 4.36. The molecule has 3 atom stereocenters. The Labute approximate surface area is 102 Å². The number of ether oxygens (including phenoxy) is 1. The Balaban J connectivity index is 2.66. The number of halogens is 1. The summed E-state index contributed by atoms with van der Waals surface area (Å²) in [5.74, 6) is 0. The van der Waals surface area contributed by atoms with E-state index in [2.05, 4.69) is 0 Å². The van der Waals surface area contributed by atoms with Crippen LogP contribution in [-0.2, 0) is 4.74 Å². The maximum absolute atomic E-state index is 13.8. The van der Waals surface area contributed by atoms with Gasteiger partial charge in [-0.2, -0.15) is 0 Å². The lowest BCUT2D eigenvalue weighted by molar-refractivity contribution is -0.000924. The predicted molar refractivity (Wildman–Crippen MR) is 62.5 cm³/mol. The summed E-state index contributed by atoms with van der Waals surface area (Å²) in [4.78, 5) is 13.2. The zero-order chi connectivity index (χ0) is 13.2.